The predicted octanol–water partition coefficient (Wildman–Crippen LogP) is 4.05. The van der Waals surface area contributed by atoms with Crippen LogP contribution in [0.3, 0.4) is 0 Å². The van der Waals surface area contributed by atoms with E-state index >= 15 is 0 Å². The first-order valence-corrected chi connectivity index (χ1v) is 12.3. The molecule has 0 bridgehead atoms. The Balaban J connectivity index is 1.79. The van der Waals surface area contributed by atoms with Crippen molar-refractivity contribution < 1.29 is 28.8 Å². The Morgan fingerprint density at radius 1 is 1.27 bits per heavy atom. The number of ether oxygens (including phenoxy) is 4. The minimum absolute atomic E-state index is 0.0700. The van der Waals surface area contributed by atoms with Gasteiger partial charge in [0, 0.05) is 12.5 Å². The molecule has 1 saturated heterocycles. The van der Waals surface area contributed by atoms with Crippen LogP contribution in [0.1, 0.15) is 46.6 Å². The number of benzene rings is 1. The van der Waals surface area contributed by atoms with E-state index in [4.69, 9.17) is 23.9 Å². The lowest BCUT2D eigenvalue weighted by molar-refractivity contribution is -0.148. The molecule has 1 aromatic carbocycles. The lowest BCUT2D eigenvalue weighted by Gasteiger charge is -2.41. The number of hydrogen-bond donors (Lipinski definition) is 1. The van der Waals surface area contributed by atoms with E-state index in [1.807, 2.05) is 58.9 Å². The Labute approximate surface area is 200 Å². The van der Waals surface area contributed by atoms with Crippen LogP contribution >= 0.6 is 11.8 Å². The standard InChI is InChI=1S/C24H36N2O6S/c1-7-12-26(23(28)32-24(3,4)5)22-25-19-20(15(2)18(13-27)31-21(19)33-22)30-14-16-8-10-17(29-6)11-9-16/h8-11,15,18-21,27H,7,12-14H2,1-6H3/t15-,18-,19-,20+,21-/m1/s1. The molecule has 2 heterocycles. The smallest absolute Gasteiger partial charge is 0.416 e. The Morgan fingerprint density at radius 2 is 1.97 bits per heavy atom. The van der Waals surface area contributed by atoms with Crippen molar-refractivity contribution in [1.29, 1.82) is 0 Å². The number of nitrogens with zero attached hydrogens (tertiary/aromatic N) is 2. The molecular weight excluding hydrogens is 444 g/mol. The molecule has 0 spiro atoms. The van der Waals surface area contributed by atoms with Crippen molar-refractivity contribution in [3.8, 4) is 5.75 Å². The minimum atomic E-state index is -0.601. The van der Waals surface area contributed by atoms with E-state index in [2.05, 4.69) is 0 Å². The van der Waals surface area contributed by atoms with E-state index in [0.717, 1.165) is 17.7 Å². The Kier molecular flexibility index (Phi) is 8.66. The van der Waals surface area contributed by atoms with Crippen LogP contribution in [0, 0.1) is 5.92 Å². The van der Waals surface area contributed by atoms with Gasteiger partial charge in [-0.25, -0.2) is 4.79 Å². The molecule has 2 aliphatic heterocycles. The van der Waals surface area contributed by atoms with Gasteiger partial charge in [-0.15, -0.1) is 0 Å². The molecule has 9 heteroatoms. The molecular formula is C24H36N2O6S. The van der Waals surface area contributed by atoms with Gasteiger partial charge in [0.05, 0.1) is 32.5 Å². The van der Waals surface area contributed by atoms with E-state index in [-0.39, 0.29) is 36.2 Å². The van der Waals surface area contributed by atoms with Gasteiger partial charge < -0.3 is 24.1 Å². The first kappa shape index (κ1) is 25.8. The van der Waals surface area contributed by atoms with Gasteiger partial charge in [-0.3, -0.25) is 9.89 Å². The predicted molar refractivity (Wildman–Crippen MR) is 129 cm³/mol. The van der Waals surface area contributed by atoms with Crippen molar-refractivity contribution in [3.05, 3.63) is 29.8 Å². The summed E-state index contributed by atoms with van der Waals surface area (Å²) >= 11 is 1.39. The fourth-order valence-electron chi connectivity index (χ4n) is 3.86. The normalized spacial score (nSPS) is 27.0. The van der Waals surface area contributed by atoms with Crippen molar-refractivity contribution in [3.63, 3.8) is 0 Å². The average Bonchev–Trinajstić information content (AvgIpc) is 3.18. The molecule has 0 saturated carbocycles. The minimum Gasteiger partial charge on any atom is -0.497 e. The van der Waals surface area contributed by atoms with Crippen molar-refractivity contribution >= 4 is 23.0 Å². The van der Waals surface area contributed by atoms with Crippen LogP contribution in [0.15, 0.2) is 29.3 Å². The number of thioether (sulfide) groups is 1. The maximum absolute atomic E-state index is 12.9. The Morgan fingerprint density at radius 3 is 2.55 bits per heavy atom. The monoisotopic (exact) mass is 480 g/mol. The first-order valence-electron chi connectivity index (χ1n) is 11.4. The summed E-state index contributed by atoms with van der Waals surface area (Å²) in [5.41, 5.74) is 0.0789. The first-order chi connectivity index (χ1) is 15.7. The number of methoxy groups -OCH3 is 1. The van der Waals surface area contributed by atoms with Crippen molar-refractivity contribution in [2.24, 2.45) is 10.9 Å². The Hall–Kier alpha value is -1.81. The number of hydrogen-bond acceptors (Lipinski definition) is 8. The lowest BCUT2D eigenvalue weighted by Crippen LogP contribution is -2.52. The van der Waals surface area contributed by atoms with Crippen molar-refractivity contribution in [1.82, 2.24) is 4.90 Å². The van der Waals surface area contributed by atoms with E-state index < -0.39 is 11.7 Å². The molecule has 0 unspecified atom stereocenters. The topological polar surface area (TPSA) is 89.8 Å². The van der Waals surface area contributed by atoms with Gasteiger partial charge in [0.25, 0.3) is 0 Å². The SMILES string of the molecule is CCCN(C(=O)OC(C)(C)C)C1=N[C@@H]2[C@@H](OCc3ccc(OC)cc3)[C@H](C)[C@@H](CO)O[C@@H]2S1. The summed E-state index contributed by atoms with van der Waals surface area (Å²) in [6, 6.07) is 7.44. The highest BCUT2D eigenvalue weighted by molar-refractivity contribution is 8.14. The van der Waals surface area contributed by atoms with Gasteiger partial charge in [-0.2, -0.15) is 0 Å². The number of carbonyl (C=O) groups is 1. The number of aliphatic hydroxyl groups is 1. The fraction of sp³-hybridized carbons (Fsp3) is 0.667. The molecule has 3 rings (SSSR count). The molecule has 184 valence electrons. The molecule has 2 aliphatic rings. The van der Waals surface area contributed by atoms with Crippen LogP contribution in [0.2, 0.25) is 0 Å². The molecule has 0 aliphatic carbocycles. The summed E-state index contributed by atoms with van der Waals surface area (Å²) in [5, 5.41) is 10.5. The molecule has 1 fully saturated rings. The molecule has 0 radical (unpaired) electrons. The second-order valence-corrected chi connectivity index (χ2v) is 10.4. The highest BCUT2D eigenvalue weighted by Gasteiger charge is 2.49. The van der Waals surface area contributed by atoms with Gasteiger partial charge in [0.1, 0.15) is 22.8 Å². The zero-order valence-corrected chi connectivity index (χ0v) is 21.1. The third kappa shape index (κ3) is 6.41. The van der Waals surface area contributed by atoms with Crippen LogP contribution in [-0.2, 0) is 20.8 Å². The second kappa shape index (κ2) is 11.1. The van der Waals surface area contributed by atoms with E-state index in [1.165, 1.54) is 11.8 Å². The molecule has 5 atom stereocenters. The molecule has 1 N–H and O–H groups in total. The second-order valence-electron chi connectivity index (χ2n) is 9.36. The number of aliphatic hydroxyl groups excluding tert-OH is 1. The summed E-state index contributed by atoms with van der Waals surface area (Å²) in [4.78, 5) is 19.3. The maximum atomic E-state index is 12.9. The number of aliphatic imine (C=N–C) groups is 1. The van der Waals surface area contributed by atoms with E-state index in [1.54, 1.807) is 12.0 Å². The summed E-state index contributed by atoms with van der Waals surface area (Å²) in [7, 11) is 1.64. The van der Waals surface area contributed by atoms with E-state index in [0.29, 0.717) is 18.3 Å². The number of rotatable bonds is 7. The van der Waals surface area contributed by atoms with Crippen molar-refractivity contribution in [2.75, 3.05) is 20.3 Å². The van der Waals surface area contributed by atoms with Gasteiger partial charge in [0.2, 0.25) is 0 Å². The molecule has 0 aromatic heterocycles. The van der Waals surface area contributed by atoms with Gasteiger partial charge in [-0.1, -0.05) is 37.7 Å². The molecule has 33 heavy (non-hydrogen) atoms. The highest BCUT2D eigenvalue weighted by atomic mass is 32.2. The van der Waals surface area contributed by atoms with E-state index in [9.17, 15) is 9.90 Å². The summed E-state index contributed by atoms with van der Waals surface area (Å²) < 4.78 is 23.3. The molecule has 1 amide bonds. The summed E-state index contributed by atoms with van der Waals surface area (Å²) in [5.74, 6) is 0.720. The summed E-state index contributed by atoms with van der Waals surface area (Å²) in [6.45, 7) is 10.3. The Bertz CT molecular complexity index is 825. The van der Waals surface area contributed by atoms with Gasteiger partial charge >= 0.3 is 6.09 Å². The number of amides is 1. The zero-order valence-electron chi connectivity index (χ0n) is 20.3. The van der Waals surface area contributed by atoms with Crippen LogP contribution < -0.4 is 4.74 Å². The number of amidine groups is 1. The van der Waals surface area contributed by atoms with Gasteiger partial charge in [0.15, 0.2) is 5.17 Å². The molecule has 1 aromatic rings. The van der Waals surface area contributed by atoms with Crippen molar-refractivity contribution in [2.45, 2.75) is 76.9 Å². The van der Waals surface area contributed by atoms with Gasteiger partial charge in [-0.05, 0) is 44.9 Å². The zero-order chi connectivity index (χ0) is 24.2. The lowest BCUT2D eigenvalue weighted by atomic mass is 9.90. The van der Waals surface area contributed by atoms with Crippen LogP contribution in [0.25, 0.3) is 0 Å². The largest absolute Gasteiger partial charge is 0.497 e. The number of carbonyl (C=O) groups excluding carboxylic acids is 1. The molecule has 8 nitrogen and oxygen atoms in total. The van der Waals surface area contributed by atoms with Crippen LogP contribution in [0.5, 0.6) is 5.75 Å². The van der Waals surface area contributed by atoms with Crippen LogP contribution in [0.4, 0.5) is 4.79 Å². The third-order valence-electron chi connectivity index (χ3n) is 5.58. The van der Waals surface area contributed by atoms with Crippen LogP contribution in [-0.4, -0.2) is 70.8 Å². The maximum Gasteiger partial charge on any atom is 0.416 e. The highest BCUT2D eigenvalue weighted by Crippen LogP contribution is 2.41. The number of fused-ring (bicyclic) bond motifs is 1. The average molecular weight is 481 g/mol. The quantitative estimate of drug-likeness (QED) is 0.630. The third-order valence-corrected chi connectivity index (χ3v) is 6.74. The fourth-order valence-corrected chi connectivity index (χ4v) is 5.10. The summed E-state index contributed by atoms with van der Waals surface area (Å²) in [6.07, 6.45) is -0.288.